The van der Waals surface area contributed by atoms with E-state index in [4.69, 9.17) is 0 Å². The van der Waals surface area contributed by atoms with Crippen LogP contribution in [0, 0.1) is 0 Å². The monoisotopic (exact) mass is 392 g/mol. The van der Waals surface area contributed by atoms with Gasteiger partial charge in [-0.05, 0) is 12.1 Å². The molecule has 2 aromatic rings. The van der Waals surface area contributed by atoms with Crippen molar-refractivity contribution in [3.05, 3.63) is 54.0 Å². The molecule has 0 bridgehead atoms. The maximum atomic E-state index is 11.7. The maximum absolute atomic E-state index is 11.7. The molecule has 0 aliphatic heterocycles. The van der Waals surface area contributed by atoms with E-state index in [1.165, 1.54) is 11.8 Å². The molecule has 0 radical (unpaired) electrons. The third kappa shape index (κ3) is 4.80. The number of nitrogens with zero attached hydrogens (tertiary/aromatic N) is 3. The Hall–Kier alpha value is -1.86. The van der Waals surface area contributed by atoms with Crippen molar-refractivity contribution in [1.29, 1.82) is 0 Å². The Morgan fingerprint density at radius 3 is 2.65 bits per heavy atom. The summed E-state index contributed by atoms with van der Waals surface area (Å²) >= 11 is 4.77. The second kappa shape index (κ2) is 8.69. The Kier molecular flexibility index (Phi) is 6.61. The van der Waals surface area contributed by atoms with Gasteiger partial charge in [0.05, 0.1) is 5.75 Å². The zero-order valence-electron chi connectivity index (χ0n) is 12.5. The molecule has 1 N–H and O–H groups in total. The van der Waals surface area contributed by atoms with Gasteiger partial charge in [0.15, 0.2) is 11.0 Å². The lowest BCUT2D eigenvalue weighted by Crippen LogP contribution is -2.25. The predicted molar refractivity (Wildman–Crippen MR) is 97.3 cm³/mol. The summed E-state index contributed by atoms with van der Waals surface area (Å²) in [6.45, 7) is 8.39. The molecule has 1 aromatic carbocycles. The lowest BCUT2D eigenvalue weighted by molar-refractivity contribution is -0.118. The summed E-state index contributed by atoms with van der Waals surface area (Å²) in [5.41, 5.74) is 0.963. The predicted octanol–water partition coefficient (Wildman–Crippen LogP) is 3.29. The molecule has 0 aliphatic carbocycles. The number of benzene rings is 1. The maximum Gasteiger partial charge on any atom is 0.230 e. The van der Waals surface area contributed by atoms with E-state index >= 15 is 0 Å². The fourth-order valence-corrected chi connectivity index (χ4v) is 2.91. The van der Waals surface area contributed by atoms with Crippen molar-refractivity contribution in [1.82, 2.24) is 20.1 Å². The van der Waals surface area contributed by atoms with Crippen LogP contribution in [0.5, 0.6) is 0 Å². The largest absolute Gasteiger partial charge is 0.352 e. The quantitative estimate of drug-likeness (QED) is 0.552. The molecule has 0 spiro atoms. The molecule has 1 aromatic heterocycles. The van der Waals surface area contributed by atoms with Crippen molar-refractivity contribution in [3.8, 4) is 11.4 Å². The molecule has 23 heavy (non-hydrogen) atoms. The summed E-state index contributed by atoms with van der Waals surface area (Å²) in [7, 11) is 0. The molecule has 1 heterocycles. The average molecular weight is 393 g/mol. The number of hydrogen-bond donors (Lipinski definition) is 1. The van der Waals surface area contributed by atoms with Crippen LogP contribution in [0.25, 0.3) is 11.4 Å². The number of carbonyl (C=O) groups excluding carboxylic acids is 1. The Morgan fingerprint density at radius 2 is 2.00 bits per heavy atom. The summed E-state index contributed by atoms with van der Waals surface area (Å²) in [6.07, 6.45) is 3.43. The second-order valence-corrected chi connectivity index (χ2v) is 6.45. The molecule has 1 amide bonds. The molecular formula is C16H17BrN4OS. The van der Waals surface area contributed by atoms with E-state index in [0.717, 1.165) is 15.9 Å². The normalized spacial score (nSPS) is 10.3. The highest BCUT2D eigenvalue weighted by Crippen LogP contribution is 2.25. The lowest BCUT2D eigenvalue weighted by Gasteiger charge is -2.08. The van der Waals surface area contributed by atoms with Gasteiger partial charge >= 0.3 is 0 Å². The van der Waals surface area contributed by atoms with Crippen LogP contribution in [0.15, 0.2) is 59.2 Å². The molecule has 120 valence electrons. The zero-order chi connectivity index (χ0) is 16.7. The molecular weight excluding hydrogens is 376 g/mol. The van der Waals surface area contributed by atoms with Crippen LogP contribution in [-0.2, 0) is 11.3 Å². The first kappa shape index (κ1) is 17.5. The third-order valence-corrected chi connectivity index (χ3v) is 4.40. The van der Waals surface area contributed by atoms with Gasteiger partial charge in [-0.1, -0.05) is 52.0 Å². The molecule has 7 heteroatoms. The molecule has 0 saturated carbocycles. The molecule has 0 fully saturated rings. The second-order valence-electron chi connectivity index (χ2n) is 4.59. The summed E-state index contributed by atoms with van der Waals surface area (Å²) < 4.78 is 2.95. The number of hydrogen-bond acceptors (Lipinski definition) is 4. The zero-order valence-corrected chi connectivity index (χ0v) is 14.9. The number of carbonyl (C=O) groups is 1. The highest BCUT2D eigenvalue weighted by molar-refractivity contribution is 9.10. The number of rotatable bonds is 8. The van der Waals surface area contributed by atoms with Crippen LogP contribution < -0.4 is 5.32 Å². The molecule has 0 aliphatic rings. The lowest BCUT2D eigenvalue weighted by atomic mass is 10.2. The number of thioether (sulfide) groups is 1. The van der Waals surface area contributed by atoms with E-state index in [-0.39, 0.29) is 11.7 Å². The van der Waals surface area contributed by atoms with Crippen LogP contribution in [0.2, 0.25) is 0 Å². The molecule has 0 atom stereocenters. The summed E-state index contributed by atoms with van der Waals surface area (Å²) in [4.78, 5) is 11.7. The van der Waals surface area contributed by atoms with E-state index in [0.29, 0.717) is 18.2 Å². The first-order valence-electron chi connectivity index (χ1n) is 6.96. The highest BCUT2D eigenvalue weighted by atomic mass is 79.9. The number of amides is 1. The Labute approximate surface area is 148 Å². The number of halogens is 1. The summed E-state index contributed by atoms with van der Waals surface area (Å²) in [6, 6.07) is 7.85. The summed E-state index contributed by atoms with van der Waals surface area (Å²) in [5.74, 6) is 0.975. The van der Waals surface area contributed by atoms with E-state index in [2.05, 4.69) is 44.6 Å². The first-order valence-corrected chi connectivity index (χ1v) is 8.74. The number of aromatic nitrogens is 3. The Bertz CT molecular complexity index is 697. The van der Waals surface area contributed by atoms with Gasteiger partial charge in [0.25, 0.3) is 0 Å². The van der Waals surface area contributed by atoms with Crippen LogP contribution in [0.1, 0.15) is 0 Å². The van der Waals surface area contributed by atoms with Crippen molar-refractivity contribution in [3.63, 3.8) is 0 Å². The van der Waals surface area contributed by atoms with Gasteiger partial charge < -0.3 is 5.32 Å². The summed E-state index contributed by atoms with van der Waals surface area (Å²) in [5, 5.41) is 11.9. The van der Waals surface area contributed by atoms with Gasteiger partial charge in [0.2, 0.25) is 5.91 Å². The van der Waals surface area contributed by atoms with Crippen LogP contribution in [-0.4, -0.2) is 33.0 Å². The van der Waals surface area contributed by atoms with E-state index in [1.807, 2.05) is 28.8 Å². The fourth-order valence-electron chi connectivity index (χ4n) is 1.87. The minimum Gasteiger partial charge on any atom is -0.352 e. The van der Waals surface area contributed by atoms with Crippen molar-refractivity contribution in [2.45, 2.75) is 11.7 Å². The van der Waals surface area contributed by atoms with E-state index in [9.17, 15) is 4.79 Å². The molecule has 0 unspecified atom stereocenters. The minimum absolute atomic E-state index is 0.0618. The number of allylic oxidation sites excluding steroid dienone is 1. The molecule has 5 nitrogen and oxygen atoms in total. The van der Waals surface area contributed by atoms with Crippen molar-refractivity contribution in [2.24, 2.45) is 0 Å². The van der Waals surface area contributed by atoms with Gasteiger partial charge in [-0.25, -0.2) is 0 Å². The van der Waals surface area contributed by atoms with Gasteiger partial charge in [0.1, 0.15) is 0 Å². The first-order chi connectivity index (χ1) is 11.2. The van der Waals surface area contributed by atoms with E-state index < -0.39 is 0 Å². The third-order valence-electron chi connectivity index (χ3n) is 2.91. The van der Waals surface area contributed by atoms with Crippen LogP contribution in [0.3, 0.4) is 0 Å². The van der Waals surface area contributed by atoms with Gasteiger partial charge in [-0.2, -0.15) is 0 Å². The van der Waals surface area contributed by atoms with Crippen LogP contribution in [0.4, 0.5) is 0 Å². The fraction of sp³-hybridized carbons (Fsp3) is 0.188. The topological polar surface area (TPSA) is 59.8 Å². The SMILES string of the molecule is C=CCNC(=O)CSc1nnc(-c2ccc(Br)cc2)n1CC=C. The molecule has 2 rings (SSSR count). The highest BCUT2D eigenvalue weighted by Gasteiger charge is 2.14. The van der Waals surface area contributed by atoms with Crippen molar-refractivity contribution < 1.29 is 4.79 Å². The Balaban J connectivity index is 2.17. The smallest absolute Gasteiger partial charge is 0.230 e. The van der Waals surface area contributed by atoms with Gasteiger partial charge in [0, 0.05) is 23.1 Å². The minimum atomic E-state index is -0.0618. The van der Waals surface area contributed by atoms with Crippen molar-refractivity contribution >= 4 is 33.6 Å². The average Bonchev–Trinajstić information content (AvgIpc) is 2.95. The van der Waals surface area contributed by atoms with E-state index in [1.54, 1.807) is 12.2 Å². The van der Waals surface area contributed by atoms with Crippen LogP contribution >= 0.6 is 27.7 Å². The standard InChI is InChI=1S/C16H17BrN4OS/c1-3-9-18-14(22)11-23-16-20-19-15(21(16)10-4-2)12-5-7-13(17)8-6-12/h3-8H,1-2,9-11H2,(H,18,22). The Morgan fingerprint density at radius 1 is 1.26 bits per heavy atom. The molecule has 0 saturated heterocycles. The van der Waals surface area contributed by atoms with Gasteiger partial charge in [-0.15, -0.1) is 23.4 Å². The van der Waals surface area contributed by atoms with Gasteiger partial charge in [-0.3, -0.25) is 9.36 Å². The van der Waals surface area contributed by atoms with Crippen molar-refractivity contribution in [2.75, 3.05) is 12.3 Å². The number of nitrogens with one attached hydrogen (secondary N) is 1.